The third-order valence-corrected chi connectivity index (χ3v) is 1.17. The Balaban J connectivity index is 0.000001000. The molecule has 1 aromatic rings. The first-order valence-electron chi connectivity index (χ1n) is 2.79. The molecule has 0 radical (unpaired) electrons. The quantitative estimate of drug-likeness (QED) is 0.446. The second kappa shape index (κ2) is 4.38. The van der Waals surface area contributed by atoms with E-state index in [4.69, 9.17) is 10.8 Å². The Kier molecular flexibility index (Phi) is 4.18. The van der Waals surface area contributed by atoms with Crippen molar-refractivity contribution in [2.24, 2.45) is 5.73 Å². The minimum Gasteiger partial charge on any atom is -0.507 e. The molecule has 52 valence electrons. The summed E-state index contributed by atoms with van der Waals surface area (Å²) in [6.07, 6.45) is 0. The summed E-state index contributed by atoms with van der Waals surface area (Å²) in [5.74, 6) is -0.687. The van der Waals surface area contributed by atoms with Crippen molar-refractivity contribution < 1.29 is 39.5 Å². The average Bonchev–Trinajstić information content (AvgIpc) is 1.88. The van der Waals surface area contributed by atoms with Gasteiger partial charge in [-0.2, -0.15) is 0 Å². The summed E-state index contributed by atoms with van der Waals surface area (Å²) in [7, 11) is 0. The van der Waals surface area contributed by atoms with Gasteiger partial charge in [0.2, 0.25) is 0 Å². The zero-order valence-corrected chi connectivity index (χ0v) is 8.24. The predicted molar refractivity (Wildman–Crippen MR) is 36.6 cm³/mol. The van der Waals surface area contributed by atoms with Gasteiger partial charge in [-0.3, -0.25) is 4.79 Å². The van der Waals surface area contributed by atoms with Crippen LogP contribution in [-0.4, -0.2) is 11.0 Å². The fourth-order valence-corrected chi connectivity index (χ4v) is 0.682. The molecule has 0 atom stereocenters. The number of carbonyl (C=O) groups is 1. The predicted octanol–water partition coefficient (Wildman–Crippen LogP) is -2.50. The summed E-state index contributed by atoms with van der Waals surface area (Å²) >= 11 is 0. The van der Waals surface area contributed by atoms with E-state index in [-0.39, 0.29) is 40.9 Å². The van der Waals surface area contributed by atoms with Gasteiger partial charge >= 0.3 is 29.6 Å². The number of aromatic hydroxyl groups is 1. The molecule has 3 nitrogen and oxygen atoms in total. The maximum atomic E-state index is 10.5. The van der Waals surface area contributed by atoms with Gasteiger partial charge in [-0.05, 0) is 12.1 Å². The molecule has 0 aliphatic heterocycles. The minimum atomic E-state index is -0.613. The van der Waals surface area contributed by atoms with Crippen LogP contribution in [0.3, 0.4) is 0 Å². The number of nitrogens with two attached hydrogens (primary N) is 1. The molecule has 0 saturated carbocycles. The van der Waals surface area contributed by atoms with Crippen LogP contribution >= 0.6 is 0 Å². The normalized spacial score (nSPS) is 8.36. The van der Waals surface area contributed by atoms with Crippen molar-refractivity contribution in [1.82, 2.24) is 0 Å². The van der Waals surface area contributed by atoms with Gasteiger partial charge < -0.3 is 10.8 Å². The molecule has 0 aromatic heterocycles. The smallest absolute Gasteiger partial charge is 0.507 e. The Hall–Kier alpha value is -0.510. The molecule has 1 aromatic carbocycles. The fraction of sp³-hybridized carbons (Fsp3) is 0. The summed E-state index contributed by atoms with van der Waals surface area (Å²) in [5.41, 5.74) is 5.07. The van der Waals surface area contributed by atoms with Gasteiger partial charge in [0.15, 0.2) is 0 Å². The maximum absolute atomic E-state index is 10.5. The number of amides is 1. The molecule has 0 aliphatic rings. The van der Waals surface area contributed by atoms with E-state index in [9.17, 15) is 4.79 Å². The molecule has 4 heteroatoms. The topological polar surface area (TPSA) is 63.3 Å². The first-order valence-corrected chi connectivity index (χ1v) is 2.79. The number of carbonyl (C=O) groups excluding carboxylic acids is 1. The van der Waals surface area contributed by atoms with Crippen molar-refractivity contribution in [2.75, 3.05) is 0 Å². The van der Waals surface area contributed by atoms with Gasteiger partial charge in [0.05, 0.1) is 5.56 Å². The standard InChI is InChI=1S/C7H7NO2.Na/c8-7(10)5-3-1-2-4-6(5)9;/h1-4,9H,(H2,8,10);/q;+1. The number of rotatable bonds is 1. The van der Waals surface area contributed by atoms with E-state index in [2.05, 4.69) is 0 Å². The van der Waals surface area contributed by atoms with Crippen LogP contribution in [0.1, 0.15) is 10.4 Å². The molecule has 3 N–H and O–H groups in total. The molecular weight excluding hydrogens is 153 g/mol. The molecule has 0 bridgehead atoms. The van der Waals surface area contributed by atoms with Crippen LogP contribution in [0, 0.1) is 0 Å². The van der Waals surface area contributed by atoms with Gasteiger partial charge in [-0.15, -0.1) is 0 Å². The van der Waals surface area contributed by atoms with Gasteiger partial charge in [0.25, 0.3) is 5.91 Å². The van der Waals surface area contributed by atoms with E-state index in [0.717, 1.165) is 0 Å². The van der Waals surface area contributed by atoms with E-state index >= 15 is 0 Å². The van der Waals surface area contributed by atoms with E-state index in [1.165, 1.54) is 12.1 Å². The number of benzene rings is 1. The minimum absolute atomic E-state index is 0. The summed E-state index contributed by atoms with van der Waals surface area (Å²) in [6, 6.07) is 6.15. The van der Waals surface area contributed by atoms with Crippen LogP contribution in [-0.2, 0) is 0 Å². The zero-order valence-electron chi connectivity index (χ0n) is 6.24. The Labute approximate surface area is 86.5 Å². The number of para-hydroxylation sites is 1. The van der Waals surface area contributed by atoms with Crippen LogP contribution in [0.25, 0.3) is 0 Å². The third-order valence-electron chi connectivity index (χ3n) is 1.17. The van der Waals surface area contributed by atoms with Crippen molar-refractivity contribution >= 4 is 5.91 Å². The van der Waals surface area contributed by atoms with Gasteiger partial charge in [0, 0.05) is 0 Å². The second-order valence-corrected chi connectivity index (χ2v) is 1.88. The molecule has 1 rings (SSSR count). The number of primary amides is 1. The Morgan fingerprint density at radius 3 is 2.27 bits per heavy atom. The Morgan fingerprint density at radius 1 is 1.36 bits per heavy atom. The summed E-state index contributed by atoms with van der Waals surface area (Å²) in [6.45, 7) is 0. The van der Waals surface area contributed by atoms with E-state index in [0.29, 0.717) is 0 Å². The van der Waals surface area contributed by atoms with Crippen molar-refractivity contribution in [3.05, 3.63) is 29.8 Å². The summed E-state index contributed by atoms with van der Waals surface area (Å²) in [5, 5.41) is 8.98. The molecule has 0 heterocycles. The van der Waals surface area contributed by atoms with Crippen LogP contribution in [0.4, 0.5) is 0 Å². The number of hydrogen-bond donors (Lipinski definition) is 2. The van der Waals surface area contributed by atoms with Gasteiger partial charge in [-0.25, -0.2) is 0 Å². The maximum Gasteiger partial charge on any atom is 1.00 e. The first-order chi connectivity index (χ1) is 4.72. The molecule has 0 aliphatic carbocycles. The fourth-order valence-electron chi connectivity index (χ4n) is 0.682. The van der Waals surface area contributed by atoms with Crippen LogP contribution in [0.15, 0.2) is 24.3 Å². The third kappa shape index (κ3) is 2.54. The molecule has 0 spiro atoms. The molecule has 0 saturated heterocycles. The Morgan fingerprint density at radius 2 is 1.91 bits per heavy atom. The molecular formula is C7H7NNaO2+. The van der Waals surface area contributed by atoms with Crippen LogP contribution in [0.5, 0.6) is 5.75 Å². The van der Waals surface area contributed by atoms with E-state index < -0.39 is 5.91 Å². The second-order valence-electron chi connectivity index (χ2n) is 1.88. The number of phenols is 1. The largest absolute Gasteiger partial charge is 1.00 e. The summed E-state index contributed by atoms with van der Waals surface area (Å²) < 4.78 is 0. The monoisotopic (exact) mass is 160 g/mol. The Bertz CT molecular complexity index is 262. The van der Waals surface area contributed by atoms with Crippen molar-refractivity contribution in [1.29, 1.82) is 0 Å². The van der Waals surface area contributed by atoms with Crippen molar-refractivity contribution in [3.63, 3.8) is 0 Å². The van der Waals surface area contributed by atoms with Gasteiger partial charge in [-0.1, -0.05) is 12.1 Å². The van der Waals surface area contributed by atoms with E-state index in [1.807, 2.05) is 0 Å². The van der Waals surface area contributed by atoms with Crippen LogP contribution < -0.4 is 35.3 Å². The molecule has 1 amide bonds. The van der Waals surface area contributed by atoms with Crippen molar-refractivity contribution in [2.45, 2.75) is 0 Å². The molecule has 0 fully saturated rings. The van der Waals surface area contributed by atoms with E-state index in [1.54, 1.807) is 12.1 Å². The molecule has 0 unspecified atom stereocenters. The van der Waals surface area contributed by atoms with Gasteiger partial charge in [0.1, 0.15) is 5.75 Å². The van der Waals surface area contributed by atoms with Crippen LogP contribution in [0.2, 0.25) is 0 Å². The van der Waals surface area contributed by atoms with Crippen molar-refractivity contribution in [3.8, 4) is 5.75 Å². The first kappa shape index (κ1) is 10.5. The average molecular weight is 160 g/mol. The zero-order chi connectivity index (χ0) is 7.56. The number of hydrogen-bond acceptors (Lipinski definition) is 2. The SMILES string of the molecule is NC(=O)c1ccccc1O.[Na+]. The summed E-state index contributed by atoms with van der Waals surface area (Å²) in [4.78, 5) is 10.5. The molecule has 11 heavy (non-hydrogen) atoms.